The van der Waals surface area contributed by atoms with Crippen LogP contribution in [-0.4, -0.2) is 28.2 Å². The molecule has 0 rings (SSSR count). The van der Waals surface area contributed by atoms with Crippen LogP contribution in [0.4, 0.5) is 0 Å². The van der Waals surface area contributed by atoms with E-state index >= 15 is 0 Å². The Morgan fingerprint density at radius 3 is 2.56 bits per heavy atom. The van der Waals surface area contributed by atoms with Gasteiger partial charge in [0.1, 0.15) is 11.9 Å². The predicted molar refractivity (Wildman–Crippen MR) is 104 cm³/mol. The minimum absolute atomic E-state index is 0.125. The van der Waals surface area contributed by atoms with E-state index in [-0.39, 0.29) is 5.78 Å². The molecule has 0 aromatic carbocycles. The second kappa shape index (κ2) is 15.5. The molecule has 136 valence electrons. The molecule has 0 aromatic heterocycles. The maximum absolute atomic E-state index is 10.8. The smallest absolute Gasteiger partial charge is 0.129 e. The van der Waals surface area contributed by atoms with Crippen molar-refractivity contribution in [2.75, 3.05) is 0 Å². The van der Waals surface area contributed by atoms with Crippen molar-refractivity contribution < 1.29 is 15.0 Å². The van der Waals surface area contributed by atoms with Gasteiger partial charge in [-0.2, -0.15) is 0 Å². The van der Waals surface area contributed by atoms with Crippen molar-refractivity contribution in [2.24, 2.45) is 5.92 Å². The molecule has 3 nitrogen and oxygen atoms in total. The number of hydrogen-bond donors (Lipinski definition) is 2. The molecule has 0 aliphatic heterocycles. The molecule has 25 heavy (non-hydrogen) atoms. The fourth-order valence-corrected chi connectivity index (χ4v) is 1.70. The van der Waals surface area contributed by atoms with E-state index in [2.05, 4.69) is 43.6 Å². The second-order valence-corrected chi connectivity index (χ2v) is 5.98. The van der Waals surface area contributed by atoms with Gasteiger partial charge >= 0.3 is 0 Å². The Balaban J connectivity index is 4.04. The van der Waals surface area contributed by atoms with Crippen LogP contribution in [0.5, 0.6) is 0 Å². The van der Waals surface area contributed by atoms with Crippen LogP contribution < -0.4 is 0 Å². The van der Waals surface area contributed by atoms with E-state index in [1.807, 2.05) is 6.08 Å². The van der Waals surface area contributed by atoms with Gasteiger partial charge in [0.15, 0.2) is 0 Å². The van der Waals surface area contributed by atoms with Gasteiger partial charge < -0.3 is 15.0 Å². The Kier molecular flexibility index (Phi) is 14.2. The first kappa shape index (κ1) is 22.9. The van der Waals surface area contributed by atoms with Crippen molar-refractivity contribution in [3.63, 3.8) is 0 Å². The normalized spacial score (nSPS) is 14.8. The Labute approximate surface area is 152 Å². The number of carbonyl (C=O) groups excluding carboxylic acids is 1. The molecule has 0 bridgehead atoms. The average Bonchev–Trinajstić information content (AvgIpc) is 2.57. The summed E-state index contributed by atoms with van der Waals surface area (Å²) in [4.78, 5) is 10.8. The molecular formula is C22H30O3. The summed E-state index contributed by atoms with van der Waals surface area (Å²) >= 11 is 0. The summed E-state index contributed by atoms with van der Waals surface area (Å²) in [6.07, 6.45) is 12.3. The van der Waals surface area contributed by atoms with Gasteiger partial charge in [-0.25, -0.2) is 0 Å². The van der Waals surface area contributed by atoms with Crippen LogP contribution in [0.15, 0.2) is 36.5 Å². The Morgan fingerprint density at radius 1 is 1.12 bits per heavy atom. The summed E-state index contributed by atoms with van der Waals surface area (Å²) in [5, 5.41) is 19.3. The Bertz CT molecular complexity index is 576. The zero-order chi connectivity index (χ0) is 18.9. The predicted octanol–water partition coefficient (Wildman–Crippen LogP) is 3.58. The van der Waals surface area contributed by atoms with Crippen LogP contribution >= 0.6 is 0 Å². The molecule has 2 N–H and O–H groups in total. The van der Waals surface area contributed by atoms with Gasteiger partial charge in [0, 0.05) is 12.8 Å². The monoisotopic (exact) mass is 342 g/mol. The average molecular weight is 342 g/mol. The first-order valence-corrected chi connectivity index (χ1v) is 8.80. The van der Waals surface area contributed by atoms with Gasteiger partial charge in [0.25, 0.3) is 0 Å². The Morgan fingerprint density at radius 2 is 1.88 bits per heavy atom. The van der Waals surface area contributed by atoms with Gasteiger partial charge in [-0.1, -0.05) is 68.3 Å². The van der Waals surface area contributed by atoms with Crippen molar-refractivity contribution in [3.05, 3.63) is 36.5 Å². The molecule has 0 saturated carbocycles. The summed E-state index contributed by atoms with van der Waals surface area (Å²) in [6.45, 7) is 5.80. The molecule has 0 aromatic rings. The van der Waals surface area contributed by atoms with Crippen LogP contribution in [0, 0.1) is 29.6 Å². The highest BCUT2D eigenvalue weighted by Gasteiger charge is 1.99. The lowest BCUT2D eigenvalue weighted by Crippen LogP contribution is -2.03. The summed E-state index contributed by atoms with van der Waals surface area (Å²) in [7, 11) is 0. The second-order valence-electron chi connectivity index (χ2n) is 5.98. The van der Waals surface area contributed by atoms with Crippen molar-refractivity contribution in [1.29, 1.82) is 0 Å². The first-order valence-electron chi connectivity index (χ1n) is 8.80. The van der Waals surface area contributed by atoms with Crippen LogP contribution in [0.25, 0.3) is 0 Å². The van der Waals surface area contributed by atoms with E-state index < -0.39 is 12.2 Å². The van der Waals surface area contributed by atoms with Crippen LogP contribution in [0.2, 0.25) is 0 Å². The fraction of sp³-hybridized carbons (Fsp3) is 0.500. The van der Waals surface area contributed by atoms with E-state index in [0.717, 1.165) is 6.42 Å². The lowest BCUT2D eigenvalue weighted by Gasteiger charge is -2.00. The zero-order valence-electron chi connectivity index (χ0n) is 15.5. The fourth-order valence-electron chi connectivity index (χ4n) is 1.70. The lowest BCUT2D eigenvalue weighted by molar-refractivity contribution is -0.117. The molecule has 0 fully saturated rings. The number of allylic oxidation sites excluding steroid dienone is 5. The number of Topliss-reactive ketones (excluding diaryl/α,β-unsaturated/α-hetero) is 1. The first-order chi connectivity index (χ1) is 12.0. The van der Waals surface area contributed by atoms with Gasteiger partial charge in [-0.3, -0.25) is 0 Å². The molecular weight excluding hydrogens is 312 g/mol. The third-order valence-corrected chi connectivity index (χ3v) is 3.45. The van der Waals surface area contributed by atoms with Gasteiger partial charge in [0.05, 0.1) is 6.10 Å². The largest absolute Gasteiger partial charge is 0.388 e. The highest BCUT2D eigenvalue weighted by Crippen LogP contribution is 2.01. The van der Waals surface area contributed by atoms with Crippen molar-refractivity contribution in [2.45, 2.75) is 65.1 Å². The molecule has 0 spiro atoms. The maximum atomic E-state index is 10.8. The summed E-state index contributed by atoms with van der Waals surface area (Å²) in [5.74, 6) is 11.9. The SMILES string of the molecule is CC[C@@H](C)/C=C/C#CC[C@@H](O)/C=C/C=C/C#C[C@@H](O)CCCC(C)=O. The van der Waals surface area contributed by atoms with Crippen molar-refractivity contribution in [1.82, 2.24) is 0 Å². The van der Waals surface area contributed by atoms with E-state index in [0.29, 0.717) is 31.6 Å². The molecule has 0 amide bonds. The summed E-state index contributed by atoms with van der Waals surface area (Å²) < 4.78 is 0. The molecule has 0 aliphatic rings. The van der Waals surface area contributed by atoms with E-state index in [1.54, 1.807) is 24.3 Å². The lowest BCUT2D eigenvalue weighted by atomic mass is 10.1. The minimum Gasteiger partial charge on any atom is -0.388 e. The molecule has 0 radical (unpaired) electrons. The van der Waals surface area contributed by atoms with Crippen LogP contribution in [0.3, 0.4) is 0 Å². The van der Waals surface area contributed by atoms with Gasteiger partial charge in [-0.05, 0) is 37.8 Å². The molecule has 0 aliphatic carbocycles. The van der Waals surface area contributed by atoms with E-state index in [9.17, 15) is 15.0 Å². The van der Waals surface area contributed by atoms with Crippen LogP contribution in [-0.2, 0) is 4.79 Å². The summed E-state index contributed by atoms with van der Waals surface area (Å²) in [5.41, 5.74) is 0. The van der Waals surface area contributed by atoms with Gasteiger partial charge in [-0.15, -0.1) is 0 Å². The third kappa shape index (κ3) is 16.6. The van der Waals surface area contributed by atoms with Crippen molar-refractivity contribution >= 4 is 5.78 Å². The standard InChI is InChI=1S/C22H30O3/c1-4-19(2)13-8-7-11-17-21(24)15-9-5-6-10-16-22(25)18-12-14-20(3)23/h5-6,8-9,13,15,19,21-22,24-25H,4,12,14,17-18H2,1-3H3/b6-5+,13-8+,15-9+/t19-,21+,22-/m1/s1. The number of rotatable bonds is 9. The quantitative estimate of drug-likeness (QED) is 0.497. The minimum atomic E-state index is -0.711. The molecule has 3 heteroatoms. The molecule has 0 saturated heterocycles. The molecule has 0 unspecified atom stereocenters. The highest BCUT2D eigenvalue weighted by atomic mass is 16.3. The molecule has 0 heterocycles. The third-order valence-electron chi connectivity index (χ3n) is 3.45. The summed E-state index contributed by atoms with van der Waals surface area (Å²) in [6, 6.07) is 0. The number of ketones is 1. The highest BCUT2D eigenvalue weighted by molar-refractivity contribution is 5.75. The number of aliphatic hydroxyl groups is 2. The topological polar surface area (TPSA) is 57.5 Å². The number of aliphatic hydroxyl groups excluding tert-OH is 2. The van der Waals surface area contributed by atoms with E-state index in [4.69, 9.17) is 0 Å². The zero-order valence-corrected chi connectivity index (χ0v) is 15.5. The number of hydrogen-bond acceptors (Lipinski definition) is 3. The van der Waals surface area contributed by atoms with E-state index in [1.165, 1.54) is 6.92 Å². The van der Waals surface area contributed by atoms with Crippen LogP contribution in [0.1, 0.15) is 52.9 Å². The maximum Gasteiger partial charge on any atom is 0.129 e. The molecule has 3 atom stereocenters. The van der Waals surface area contributed by atoms with Crippen molar-refractivity contribution in [3.8, 4) is 23.7 Å². The number of carbonyl (C=O) groups is 1. The van der Waals surface area contributed by atoms with Gasteiger partial charge in [0.2, 0.25) is 0 Å². The Hall–Kier alpha value is -2.07.